The van der Waals surface area contributed by atoms with Crippen LogP contribution in [0.15, 0.2) is 66.7 Å². The van der Waals surface area contributed by atoms with Crippen molar-refractivity contribution < 1.29 is 28.2 Å². The Hall–Kier alpha value is -4.40. The maximum Gasteiger partial charge on any atom is 0.313 e. The summed E-state index contributed by atoms with van der Waals surface area (Å²) in [5.74, 6) is -1.37. The molecule has 0 saturated heterocycles. The summed E-state index contributed by atoms with van der Waals surface area (Å²) in [5, 5.41) is 5.09. The van der Waals surface area contributed by atoms with Gasteiger partial charge in [0.25, 0.3) is 5.91 Å². The maximum absolute atomic E-state index is 13.3. The van der Waals surface area contributed by atoms with E-state index in [1.165, 1.54) is 17.0 Å². The summed E-state index contributed by atoms with van der Waals surface area (Å²) < 4.78 is 24.5. The molecule has 0 unspecified atom stereocenters. The molecule has 0 aromatic heterocycles. The third kappa shape index (κ3) is 7.83. The van der Waals surface area contributed by atoms with E-state index in [9.17, 15) is 18.8 Å². The second kappa shape index (κ2) is 12.3. The van der Waals surface area contributed by atoms with Crippen molar-refractivity contribution in [1.29, 1.82) is 0 Å². The number of halogens is 1. The fourth-order valence-corrected chi connectivity index (χ4v) is 3.06. The van der Waals surface area contributed by atoms with Crippen LogP contribution < -0.4 is 20.1 Å². The predicted octanol–water partition coefficient (Wildman–Crippen LogP) is 3.44. The average molecular weight is 494 g/mol. The van der Waals surface area contributed by atoms with Crippen molar-refractivity contribution in [3.05, 3.63) is 89.2 Å². The third-order valence-corrected chi connectivity index (χ3v) is 5.11. The molecule has 188 valence electrons. The highest BCUT2D eigenvalue weighted by Gasteiger charge is 2.17. The van der Waals surface area contributed by atoms with Gasteiger partial charge < -0.3 is 25.0 Å². The molecule has 0 spiro atoms. The average Bonchev–Trinajstić information content (AvgIpc) is 2.86. The number of amides is 3. The first-order valence-electron chi connectivity index (χ1n) is 11.2. The van der Waals surface area contributed by atoms with E-state index in [-0.39, 0.29) is 37.2 Å². The molecule has 0 heterocycles. The molecule has 3 aromatic rings. The smallest absolute Gasteiger partial charge is 0.313 e. The molecule has 0 aliphatic heterocycles. The molecule has 0 fully saturated rings. The number of benzene rings is 3. The van der Waals surface area contributed by atoms with Gasteiger partial charge in [0.05, 0.1) is 5.69 Å². The van der Waals surface area contributed by atoms with Crippen molar-refractivity contribution in [2.75, 3.05) is 26.0 Å². The van der Waals surface area contributed by atoms with E-state index in [4.69, 9.17) is 9.47 Å². The lowest BCUT2D eigenvalue weighted by Gasteiger charge is -2.15. The fraction of sp³-hybridized carbons (Fsp3) is 0.222. The zero-order valence-corrected chi connectivity index (χ0v) is 20.3. The molecule has 0 radical (unpaired) electrons. The predicted molar refractivity (Wildman–Crippen MR) is 133 cm³/mol. The summed E-state index contributed by atoms with van der Waals surface area (Å²) in [4.78, 5) is 38.0. The summed E-state index contributed by atoms with van der Waals surface area (Å²) in [5.41, 5.74) is 2.62. The second-order valence-electron chi connectivity index (χ2n) is 8.28. The van der Waals surface area contributed by atoms with Crippen LogP contribution in [0.3, 0.4) is 0 Å². The van der Waals surface area contributed by atoms with Crippen LogP contribution in [0.2, 0.25) is 0 Å². The van der Waals surface area contributed by atoms with Crippen molar-refractivity contribution in [3.63, 3.8) is 0 Å². The van der Waals surface area contributed by atoms with E-state index in [0.717, 1.165) is 11.1 Å². The molecular formula is C27H28FN3O5. The van der Waals surface area contributed by atoms with Crippen LogP contribution in [-0.4, -0.2) is 43.3 Å². The van der Waals surface area contributed by atoms with Crippen LogP contribution in [0.5, 0.6) is 11.5 Å². The zero-order valence-electron chi connectivity index (χ0n) is 20.3. The summed E-state index contributed by atoms with van der Waals surface area (Å²) in [6.07, 6.45) is 0. The Kier molecular flexibility index (Phi) is 8.99. The van der Waals surface area contributed by atoms with Crippen LogP contribution in [0.25, 0.3) is 0 Å². The lowest BCUT2D eigenvalue weighted by atomic mass is 10.2. The quantitative estimate of drug-likeness (QED) is 0.445. The minimum absolute atomic E-state index is 0.130. The first kappa shape index (κ1) is 26.2. The molecule has 3 aromatic carbocycles. The lowest BCUT2D eigenvalue weighted by molar-refractivity contribution is -0.136. The van der Waals surface area contributed by atoms with Crippen molar-refractivity contribution in [2.24, 2.45) is 0 Å². The number of hydrogen-bond donors (Lipinski definition) is 2. The van der Waals surface area contributed by atoms with Crippen molar-refractivity contribution >= 4 is 23.4 Å². The van der Waals surface area contributed by atoms with Gasteiger partial charge >= 0.3 is 11.8 Å². The van der Waals surface area contributed by atoms with E-state index >= 15 is 0 Å². The molecule has 0 aliphatic carbocycles. The van der Waals surface area contributed by atoms with E-state index in [1.54, 1.807) is 68.7 Å². The topological polar surface area (TPSA) is 97.0 Å². The van der Waals surface area contributed by atoms with Crippen molar-refractivity contribution in [3.8, 4) is 11.5 Å². The molecule has 8 nitrogen and oxygen atoms in total. The number of nitrogens with one attached hydrogen (secondary N) is 2. The fourth-order valence-electron chi connectivity index (χ4n) is 3.06. The molecule has 9 heteroatoms. The van der Waals surface area contributed by atoms with E-state index in [1.807, 2.05) is 6.92 Å². The highest BCUT2D eigenvalue weighted by Crippen LogP contribution is 2.26. The molecule has 0 atom stereocenters. The maximum atomic E-state index is 13.3. The van der Waals surface area contributed by atoms with E-state index < -0.39 is 11.8 Å². The van der Waals surface area contributed by atoms with Crippen LogP contribution in [0, 0.1) is 12.7 Å². The summed E-state index contributed by atoms with van der Waals surface area (Å²) >= 11 is 0. The van der Waals surface area contributed by atoms with Crippen molar-refractivity contribution in [2.45, 2.75) is 20.1 Å². The number of carbonyl (C=O) groups is 3. The first-order valence-corrected chi connectivity index (χ1v) is 11.2. The minimum atomic E-state index is -0.863. The Morgan fingerprint density at radius 2 is 1.64 bits per heavy atom. The highest BCUT2D eigenvalue weighted by atomic mass is 19.1. The number of nitrogens with zero attached hydrogens (tertiary/aromatic N) is 1. The van der Waals surface area contributed by atoms with Gasteiger partial charge in [-0.15, -0.1) is 0 Å². The molecule has 0 saturated carbocycles. The van der Waals surface area contributed by atoms with Gasteiger partial charge in [0.1, 0.15) is 23.9 Å². The van der Waals surface area contributed by atoms with E-state index in [2.05, 4.69) is 10.6 Å². The Bertz CT molecular complexity index is 1230. The SMILES string of the molecule is Cc1ccc(NC(=O)C(=O)NCc2ccc(OCc3cccc(F)c3)cc2)c(OCC(=O)N(C)C)c1. The Morgan fingerprint density at radius 1 is 0.889 bits per heavy atom. The summed E-state index contributed by atoms with van der Waals surface area (Å²) in [6.45, 7) is 2.00. The molecule has 0 aliphatic rings. The van der Waals surface area contributed by atoms with Gasteiger partial charge in [0, 0.05) is 20.6 Å². The molecule has 3 amide bonds. The Labute approximate surface area is 209 Å². The molecule has 0 bridgehead atoms. The number of anilines is 1. The second-order valence-corrected chi connectivity index (χ2v) is 8.28. The first-order chi connectivity index (χ1) is 17.2. The van der Waals surface area contributed by atoms with Gasteiger partial charge in [0.2, 0.25) is 0 Å². The molecule has 2 N–H and O–H groups in total. The van der Waals surface area contributed by atoms with Gasteiger partial charge in [-0.25, -0.2) is 4.39 Å². The normalized spacial score (nSPS) is 10.3. The Balaban J connectivity index is 1.51. The number of likely N-dealkylation sites (N-methyl/N-ethyl adjacent to an activating group) is 1. The van der Waals surface area contributed by atoms with Gasteiger partial charge in [-0.1, -0.05) is 30.3 Å². The summed E-state index contributed by atoms with van der Waals surface area (Å²) in [7, 11) is 3.23. The lowest BCUT2D eigenvalue weighted by Crippen LogP contribution is -2.35. The van der Waals surface area contributed by atoms with Crippen LogP contribution in [0.4, 0.5) is 10.1 Å². The van der Waals surface area contributed by atoms with Gasteiger partial charge in [-0.3, -0.25) is 14.4 Å². The van der Waals surface area contributed by atoms with Gasteiger partial charge in [-0.2, -0.15) is 0 Å². The van der Waals surface area contributed by atoms with E-state index in [0.29, 0.717) is 17.1 Å². The van der Waals surface area contributed by atoms with Crippen LogP contribution >= 0.6 is 0 Å². The largest absolute Gasteiger partial charge is 0.489 e. The Morgan fingerprint density at radius 3 is 2.33 bits per heavy atom. The van der Waals surface area contributed by atoms with Gasteiger partial charge in [0.15, 0.2) is 6.61 Å². The number of rotatable bonds is 9. The number of carbonyl (C=O) groups excluding carboxylic acids is 3. The zero-order chi connectivity index (χ0) is 26.1. The van der Waals surface area contributed by atoms with Crippen LogP contribution in [-0.2, 0) is 27.5 Å². The third-order valence-electron chi connectivity index (χ3n) is 5.11. The standard InChI is InChI=1S/C27H28FN3O5/c1-18-7-12-23(24(13-18)36-17-25(32)31(2)3)30-27(34)26(33)29-15-19-8-10-22(11-9-19)35-16-20-5-4-6-21(28)14-20/h4-14H,15-17H2,1-3H3,(H,29,33)(H,30,34). The molecular weight excluding hydrogens is 465 g/mol. The highest BCUT2D eigenvalue weighted by molar-refractivity contribution is 6.39. The minimum Gasteiger partial charge on any atom is -0.489 e. The summed E-state index contributed by atoms with van der Waals surface area (Å²) in [6, 6.07) is 18.2. The number of aryl methyl sites for hydroxylation is 1. The van der Waals surface area contributed by atoms with Gasteiger partial charge in [-0.05, 0) is 60.0 Å². The monoisotopic (exact) mass is 493 g/mol. The van der Waals surface area contributed by atoms with Crippen molar-refractivity contribution in [1.82, 2.24) is 10.2 Å². The molecule has 3 rings (SSSR count). The van der Waals surface area contributed by atoms with Crippen LogP contribution in [0.1, 0.15) is 16.7 Å². The molecule has 36 heavy (non-hydrogen) atoms. The number of ether oxygens (including phenoxy) is 2. The number of hydrogen-bond acceptors (Lipinski definition) is 5.